The Labute approximate surface area is 129 Å². The van der Waals surface area contributed by atoms with E-state index in [0.717, 1.165) is 11.3 Å². The van der Waals surface area contributed by atoms with Crippen LogP contribution in [0.25, 0.3) is 0 Å². The van der Waals surface area contributed by atoms with Gasteiger partial charge >= 0.3 is 5.97 Å². The number of carbonyl (C=O) groups is 2. The van der Waals surface area contributed by atoms with Crippen LogP contribution in [0.5, 0.6) is 5.75 Å². The molecule has 0 aliphatic carbocycles. The zero-order valence-corrected chi connectivity index (χ0v) is 12.5. The lowest BCUT2D eigenvalue weighted by atomic mass is 10.2. The zero-order chi connectivity index (χ0) is 15.6. The fourth-order valence-electron chi connectivity index (χ4n) is 1.67. The van der Waals surface area contributed by atoms with Gasteiger partial charge in [0.1, 0.15) is 15.6 Å². The van der Waals surface area contributed by atoms with Crippen LogP contribution >= 0.6 is 22.9 Å². The molecule has 0 fully saturated rings. The van der Waals surface area contributed by atoms with Crippen LogP contribution < -0.4 is 5.32 Å². The van der Waals surface area contributed by atoms with Crippen molar-refractivity contribution in [3.63, 3.8) is 0 Å². The van der Waals surface area contributed by atoms with Crippen LogP contribution in [0.1, 0.15) is 30.7 Å². The minimum atomic E-state index is -1.05. The highest BCUT2D eigenvalue weighted by atomic mass is 35.5. The van der Waals surface area contributed by atoms with Gasteiger partial charge in [0, 0.05) is 5.02 Å². The summed E-state index contributed by atoms with van der Waals surface area (Å²) in [5.74, 6) is -1.74. The standard InChI is InChI=1S/C13H11ClN2O4S/c1-6-11(13(19)20)21-10(16-6)5-15-12(18)8-4-7(14)2-3-9(8)17/h2-4,17H,5H2,1H3,(H,15,18)(H,19,20). The predicted octanol–water partition coefficient (Wildman–Crippen LogP) is 2.44. The van der Waals surface area contributed by atoms with Crippen molar-refractivity contribution in [2.24, 2.45) is 0 Å². The third kappa shape index (κ3) is 3.50. The van der Waals surface area contributed by atoms with Crippen LogP contribution in [0.3, 0.4) is 0 Å². The molecule has 0 unspecified atom stereocenters. The predicted molar refractivity (Wildman–Crippen MR) is 78.1 cm³/mol. The van der Waals surface area contributed by atoms with Crippen LogP contribution in [0.2, 0.25) is 5.02 Å². The average Bonchev–Trinajstić information content (AvgIpc) is 2.80. The molecule has 3 N–H and O–H groups in total. The smallest absolute Gasteiger partial charge is 0.347 e. The molecule has 0 spiro atoms. The van der Waals surface area contributed by atoms with Gasteiger partial charge in [0.2, 0.25) is 0 Å². The molecule has 0 bridgehead atoms. The molecule has 0 aliphatic heterocycles. The van der Waals surface area contributed by atoms with Crippen molar-refractivity contribution in [2.75, 3.05) is 0 Å². The summed E-state index contributed by atoms with van der Waals surface area (Å²) >= 11 is 6.77. The largest absolute Gasteiger partial charge is 0.507 e. The average molecular weight is 327 g/mol. The molecule has 0 saturated carbocycles. The number of nitrogens with zero attached hydrogens (tertiary/aromatic N) is 1. The summed E-state index contributed by atoms with van der Waals surface area (Å²) in [5.41, 5.74) is 0.455. The number of carboxylic acid groups (broad SMARTS) is 1. The molecular weight excluding hydrogens is 316 g/mol. The maximum Gasteiger partial charge on any atom is 0.347 e. The van der Waals surface area contributed by atoms with Crippen molar-refractivity contribution in [3.05, 3.63) is 44.4 Å². The van der Waals surface area contributed by atoms with E-state index in [1.54, 1.807) is 6.92 Å². The lowest BCUT2D eigenvalue weighted by Gasteiger charge is -2.05. The summed E-state index contributed by atoms with van der Waals surface area (Å²) < 4.78 is 0. The molecule has 0 aliphatic rings. The Morgan fingerprint density at radius 2 is 2.14 bits per heavy atom. The van der Waals surface area contributed by atoms with Gasteiger partial charge < -0.3 is 15.5 Å². The number of carboxylic acids is 1. The second-order valence-electron chi connectivity index (χ2n) is 4.17. The molecule has 1 aromatic carbocycles. The number of benzene rings is 1. The van der Waals surface area contributed by atoms with Crippen molar-refractivity contribution in [3.8, 4) is 5.75 Å². The monoisotopic (exact) mass is 326 g/mol. The van der Waals surface area contributed by atoms with Crippen LogP contribution in [0.15, 0.2) is 18.2 Å². The van der Waals surface area contributed by atoms with E-state index >= 15 is 0 Å². The Bertz CT molecular complexity index is 714. The first-order valence-corrected chi connectivity index (χ1v) is 7.04. The Kier molecular flexibility index (Phi) is 4.44. The summed E-state index contributed by atoms with van der Waals surface area (Å²) in [5, 5.41) is 21.9. The number of thiazole rings is 1. The number of aromatic nitrogens is 1. The van der Waals surface area contributed by atoms with Crippen molar-refractivity contribution < 1.29 is 19.8 Å². The van der Waals surface area contributed by atoms with Gasteiger partial charge in [-0.1, -0.05) is 11.6 Å². The van der Waals surface area contributed by atoms with Gasteiger partial charge in [0.05, 0.1) is 17.8 Å². The van der Waals surface area contributed by atoms with Gasteiger partial charge in [0.15, 0.2) is 0 Å². The lowest BCUT2D eigenvalue weighted by Crippen LogP contribution is -2.22. The number of rotatable bonds is 4. The minimum Gasteiger partial charge on any atom is -0.507 e. The first-order valence-electron chi connectivity index (χ1n) is 5.85. The topological polar surface area (TPSA) is 99.5 Å². The Balaban J connectivity index is 2.09. The Morgan fingerprint density at radius 1 is 1.43 bits per heavy atom. The molecule has 0 radical (unpaired) electrons. The van der Waals surface area contributed by atoms with E-state index in [4.69, 9.17) is 16.7 Å². The molecule has 21 heavy (non-hydrogen) atoms. The number of phenols is 1. The van der Waals surface area contributed by atoms with Gasteiger partial charge in [-0.3, -0.25) is 4.79 Å². The molecule has 2 aromatic rings. The van der Waals surface area contributed by atoms with Crippen LogP contribution in [-0.4, -0.2) is 27.1 Å². The van der Waals surface area contributed by atoms with E-state index in [9.17, 15) is 14.7 Å². The van der Waals surface area contributed by atoms with Gasteiger partial charge in [-0.05, 0) is 25.1 Å². The number of hydrogen-bond acceptors (Lipinski definition) is 5. The number of nitrogens with one attached hydrogen (secondary N) is 1. The van der Waals surface area contributed by atoms with Gasteiger partial charge in [-0.2, -0.15) is 0 Å². The minimum absolute atomic E-state index is 0.0502. The quantitative estimate of drug-likeness (QED) is 0.801. The Morgan fingerprint density at radius 3 is 2.76 bits per heavy atom. The molecule has 110 valence electrons. The van der Waals surface area contributed by atoms with Crippen LogP contribution in [0, 0.1) is 6.92 Å². The number of carbonyl (C=O) groups excluding carboxylic acids is 1. The normalized spacial score (nSPS) is 10.4. The van der Waals surface area contributed by atoms with Crippen LogP contribution in [0.4, 0.5) is 0 Å². The number of halogens is 1. The third-order valence-electron chi connectivity index (χ3n) is 2.64. The summed E-state index contributed by atoms with van der Waals surface area (Å²) in [6.07, 6.45) is 0. The number of aromatic carboxylic acids is 1. The molecule has 2 rings (SSSR count). The first kappa shape index (κ1) is 15.3. The van der Waals surface area contributed by atoms with E-state index in [2.05, 4.69) is 10.3 Å². The molecular formula is C13H11ClN2O4S. The summed E-state index contributed by atoms with van der Waals surface area (Å²) in [6.45, 7) is 1.66. The van der Waals surface area contributed by atoms with E-state index < -0.39 is 11.9 Å². The number of aryl methyl sites for hydroxylation is 1. The van der Waals surface area contributed by atoms with Crippen molar-refractivity contribution in [1.82, 2.24) is 10.3 Å². The van der Waals surface area contributed by atoms with Crippen molar-refractivity contribution >= 4 is 34.8 Å². The highest BCUT2D eigenvalue weighted by Gasteiger charge is 2.16. The maximum atomic E-state index is 11.9. The summed E-state index contributed by atoms with van der Waals surface area (Å²) in [6, 6.07) is 4.15. The fourth-order valence-corrected chi connectivity index (χ4v) is 2.68. The molecule has 8 heteroatoms. The molecule has 0 atom stereocenters. The van der Waals surface area contributed by atoms with Crippen molar-refractivity contribution in [1.29, 1.82) is 0 Å². The van der Waals surface area contributed by atoms with Crippen molar-refractivity contribution in [2.45, 2.75) is 13.5 Å². The maximum absolute atomic E-state index is 11.9. The van der Waals surface area contributed by atoms with E-state index in [-0.39, 0.29) is 22.7 Å². The first-order chi connectivity index (χ1) is 9.88. The van der Waals surface area contributed by atoms with E-state index in [0.29, 0.717) is 15.7 Å². The molecule has 0 saturated heterocycles. The van der Waals surface area contributed by atoms with Gasteiger partial charge in [0.25, 0.3) is 5.91 Å². The van der Waals surface area contributed by atoms with E-state index in [1.807, 2.05) is 0 Å². The second-order valence-corrected chi connectivity index (χ2v) is 5.69. The molecule has 1 amide bonds. The molecule has 6 nitrogen and oxygen atoms in total. The number of amides is 1. The third-order valence-corrected chi connectivity index (χ3v) is 4.02. The molecule has 1 aromatic heterocycles. The number of phenolic OH excluding ortho intramolecular Hbond substituents is 1. The van der Waals surface area contributed by atoms with E-state index in [1.165, 1.54) is 18.2 Å². The number of hydrogen-bond donors (Lipinski definition) is 3. The van der Waals surface area contributed by atoms with Crippen LogP contribution in [-0.2, 0) is 6.54 Å². The molecule has 1 heterocycles. The highest BCUT2D eigenvalue weighted by Crippen LogP contribution is 2.22. The number of aromatic hydroxyl groups is 1. The fraction of sp³-hybridized carbons (Fsp3) is 0.154. The van der Waals surface area contributed by atoms with Gasteiger partial charge in [-0.15, -0.1) is 11.3 Å². The summed E-state index contributed by atoms with van der Waals surface area (Å²) in [4.78, 5) is 27.1. The highest BCUT2D eigenvalue weighted by molar-refractivity contribution is 7.13. The second kappa shape index (κ2) is 6.11. The van der Waals surface area contributed by atoms with Gasteiger partial charge in [-0.25, -0.2) is 9.78 Å². The Hall–Kier alpha value is -2.12. The SMILES string of the molecule is Cc1nc(CNC(=O)c2cc(Cl)ccc2O)sc1C(=O)O. The summed E-state index contributed by atoms with van der Waals surface area (Å²) in [7, 11) is 0. The zero-order valence-electron chi connectivity index (χ0n) is 10.9. The lowest BCUT2D eigenvalue weighted by molar-refractivity contribution is 0.0701.